The Balaban J connectivity index is 2.14. The summed E-state index contributed by atoms with van der Waals surface area (Å²) in [7, 11) is 0. The van der Waals surface area contributed by atoms with Crippen LogP contribution >= 0.6 is 0 Å². The van der Waals surface area contributed by atoms with Crippen LogP contribution in [0.4, 0.5) is 35.1 Å². The Kier molecular flexibility index (Phi) is 7.77. The van der Waals surface area contributed by atoms with Gasteiger partial charge in [0.25, 0.3) is 0 Å². The van der Waals surface area contributed by atoms with Gasteiger partial charge < -0.3 is 10.1 Å². The third-order valence-electron chi connectivity index (χ3n) is 5.36. The fourth-order valence-electron chi connectivity index (χ4n) is 3.52. The van der Waals surface area contributed by atoms with E-state index >= 15 is 0 Å². The fraction of sp³-hybridized carbons (Fsp3) is 0.222. The molecule has 11 heteroatoms. The van der Waals surface area contributed by atoms with Crippen LogP contribution in [0.1, 0.15) is 47.7 Å². The van der Waals surface area contributed by atoms with Crippen LogP contribution < -0.4 is 10.1 Å². The molecule has 200 valence electrons. The molecule has 0 bridgehead atoms. The van der Waals surface area contributed by atoms with Crippen molar-refractivity contribution in [3.63, 3.8) is 0 Å². The average Bonchev–Trinajstić information content (AvgIpc) is 2.82. The monoisotopic (exact) mass is 540 g/mol. The van der Waals surface area contributed by atoms with Gasteiger partial charge in [0.2, 0.25) is 0 Å². The van der Waals surface area contributed by atoms with Crippen molar-refractivity contribution in [2.75, 3.05) is 0 Å². The minimum absolute atomic E-state index is 0.0403. The largest absolute Gasteiger partial charge is 0.470 e. The zero-order valence-electron chi connectivity index (χ0n) is 19.9. The molecule has 0 aromatic heterocycles. The van der Waals surface area contributed by atoms with Crippen LogP contribution in [0.2, 0.25) is 0 Å². The highest BCUT2D eigenvalue weighted by Crippen LogP contribution is 2.36. The summed E-state index contributed by atoms with van der Waals surface area (Å²) < 4.78 is 114. The summed E-state index contributed by atoms with van der Waals surface area (Å²) in [4.78, 5) is 0. The summed E-state index contributed by atoms with van der Waals surface area (Å²) >= 11 is 0. The Morgan fingerprint density at radius 1 is 0.868 bits per heavy atom. The quantitative estimate of drug-likeness (QED) is 0.309. The van der Waals surface area contributed by atoms with Crippen LogP contribution in [0.25, 0.3) is 5.70 Å². The molecule has 38 heavy (non-hydrogen) atoms. The Labute approximate surface area is 213 Å². The van der Waals surface area contributed by atoms with Crippen molar-refractivity contribution < 1.29 is 39.9 Å². The first-order valence-electron chi connectivity index (χ1n) is 10.9. The lowest BCUT2D eigenvalue weighted by Gasteiger charge is -2.25. The smallest absolute Gasteiger partial charge is 0.416 e. The van der Waals surface area contributed by atoms with Gasteiger partial charge in [-0.05, 0) is 73.0 Å². The molecule has 0 aliphatic heterocycles. The van der Waals surface area contributed by atoms with Gasteiger partial charge in [0.15, 0.2) is 17.2 Å². The third-order valence-corrected chi connectivity index (χ3v) is 5.36. The van der Waals surface area contributed by atoms with Crippen molar-refractivity contribution in [1.29, 1.82) is 5.26 Å². The van der Waals surface area contributed by atoms with Gasteiger partial charge in [-0.1, -0.05) is 24.8 Å². The third kappa shape index (κ3) is 6.82. The topological polar surface area (TPSA) is 45.0 Å². The van der Waals surface area contributed by atoms with Gasteiger partial charge in [0, 0.05) is 5.70 Å². The number of ether oxygens (including phenoxy) is 1. The molecule has 0 fully saturated rings. The SMILES string of the molecule is C=C(N[C@@H](c1cc(F)cc(C(F)(F)F)c1)c1ccc(F)c(OC(C)(C)C#N)c1)c1cccc(C(F)(F)F)c1. The molecule has 3 nitrogen and oxygen atoms in total. The number of benzene rings is 3. The first-order chi connectivity index (χ1) is 17.5. The molecule has 3 aromatic rings. The van der Waals surface area contributed by atoms with Crippen molar-refractivity contribution in [2.24, 2.45) is 0 Å². The van der Waals surface area contributed by atoms with Gasteiger partial charge >= 0.3 is 12.4 Å². The highest BCUT2D eigenvalue weighted by atomic mass is 19.4. The molecule has 0 spiro atoms. The standard InChI is InChI=1S/C27H20F8N2O/c1-15(16-5-4-6-19(9-16)26(30,31)32)37-24(18-10-20(27(33,34)35)13-21(28)11-18)17-7-8-22(29)23(12-17)38-25(2,3)14-36/h4-13,24,37H,1H2,2-3H3/t24-/m1/s1. The van der Waals surface area contributed by atoms with E-state index in [4.69, 9.17) is 4.74 Å². The molecule has 0 amide bonds. The van der Waals surface area contributed by atoms with Gasteiger partial charge in [-0.15, -0.1) is 0 Å². The average molecular weight is 540 g/mol. The van der Waals surface area contributed by atoms with E-state index in [1.165, 1.54) is 26.0 Å². The molecular formula is C27H20F8N2O. The number of halogens is 8. The Hall–Kier alpha value is -4.07. The van der Waals surface area contributed by atoms with Crippen molar-refractivity contribution in [3.05, 3.63) is 107 Å². The molecule has 0 aliphatic carbocycles. The Morgan fingerprint density at radius 3 is 2.13 bits per heavy atom. The number of rotatable bonds is 7. The maximum absolute atomic E-state index is 14.5. The fourth-order valence-corrected chi connectivity index (χ4v) is 3.52. The second-order valence-electron chi connectivity index (χ2n) is 8.82. The highest BCUT2D eigenvalue weighted by Gasteiger charge is 2.33. The Morgan fingerprint density at radius 2 is 1.53 bits per heavy atom. The van der Waals surface area contributed by atoms with Gasteiger partial charge in [0.1, 0.15) is 11.9 Å². The molecule has 3 rings (SSSR count). The second kappa shape index (κ2) is 10.4. The minimum atomic E-state index is -4.91. The van der Waals surface area contributed by atoms with Crippen LogP contribution in [0.3, 0.4) is 0 Å². The van der Waals surface area contributed by atoms with Crippen LogP contribution in [0.5, 0.6) is 5.75 Å². The summed E-state index contributed by atoms with van der Waals surface area (Å²) in [5.74, 6) is -2.53. The lowest BCUT2D eigenvalue weighted by molar-refractivity contribution is -0.138. The zero-order chi connectivity index (χ0) is 28.5. The summed E-state index contributed by atoms with van der Waals surface area (Å²) in [5, 5.41) is 12.0. The molecule has 0 aliphatic rings. The molecule has 1 atom stereocenters. The lowest BCUT2D eigenvalue weighted by atomic mass is 9.95. The van der Waals surface area contributed by atoms with Gasteiger partial charge in [-0.25, -0.2) is 8.78 Å². The number of alkyl halides is 6. The van der Waals surface area contributed by atoms with E-state index in [1.54, 1.807) is 0 Å². The van der Waals surface area contributed by atoms with Crippen LogP contribution in [0.15, 0.2) is 67.2 Å². The highest BCUT2D eigenvalue weighted by molar-refractivity contribution is 5.64. The number of hydrogen-bond donors (Lipinski definition) is 1. The molecule has 0 unspecified atom stereocenters. The van der Waals surface area contributed by atoms with E-state index in [9.17, 15) is 40.4 Å². The maximum atomic E-state index is 14.5. The number of hydrogen-bond acceptors (Lipinski definition) is 3. The van der Waals surface area contributed by atoms with E-state index in [0.29, 0.717) is 6.07 Å². The number of nitrogens with one attached hydrogen (secondary N) is 1. The lowest BCUT2D eigenvalue weighted by Crippen LogP contribution is -2.26. The van der Waals surface area contributed by atoms with Crippen LogP contribution in [-0.4, -0.2) is 5.60 Å². The first kappa shape index (κ1) is 28.5. The van der Waals surface area contributed by atoms with E-state index in [1.807, 2.05) is 6.07 Å². The van der Waals surface area contributed by atoms with E-state index in [0.717, 1.165) is 36.4 Å². The zero-order valence-corrected chi connectivity index (χ0v) is 19.9. The molecule has 0 radical (unpaired) electrons. The molecule has 0 saturated carbocycles. The summed E-state index contributed by atoms with van der Waals surface area (Å²) in [6.07, 6.45) is -9.58. The molecule has 0 heterocycles. The predicted octanol–water partition coefficient (Wildman–Crippen LogP) is 8.03. The predicted molar refractivity (Wildman–Crippen MR) is 124 cm³/mol. The second-order valence-corrected chi connectivity index (χ2v) is 8.82. The van der Waals surface area contributed by atoms with Crippen LogP contribution in [0, 0.1) is 23.0 Å². The number of nitriles is 1. The van der Waals surface area contributed by atoms with E-state index in [-0.39, 0.29) is 28.5 Å². The van der Waals surface area contributed by atoms with E-state index < -0.39 is 52.5 Å². The van der Waals surface area contributed by atoms with Crippen molar-refractivity contribution in [1.82, 2.24) is 5.32 Å². The van der Waals surface area contributed by atoms with Crippen LogP contribution in [-0.2, 0) is 12.4 Å². The van der Waals surface area contributed by atoms with E-state index in [2.05, 4.69) is 11.9 Å². The van der Waals surface area contributed by atoms with Crippen molar-refractivity contribution in [2.45, 2.75) is 37.8 Å². The molecule has 0 saturated heterocycles. The van der Waals surface area contributed by atoms with Gasteiger partial charge in [0.05, 0.1) is 17.2 Å². The molecule has 3 aromatic carbocycles. The Bertz CT molecular complexity index is 1390. The summed E-state index contributed by atoms with van der Waals surface area (Å²) in [6, 6.07) is 9.46. The molecular weight excluding hydrogens is 520 g/mol. The number of nitrogens with zero attached hydrogens (tertiary/aromatic N) is 1. The summed E-state index contributed by atoms with van der Waals surface area (Å²) in [5.41, 5.74) is -4.18. The van der Waals surface area contributed by atoms with Gasteiger partial charge in [-0.3, -0.25) is 0 Å². The van der Waals surface area contributed by atoms with Crippen molar-refractivity contribution >= 4 is 5.70 Å². The van der Waals surface area contributed by atoms with Crippen molar-refractivity contribution in [3.8, 4) is 11.8 Å². The first-order valence-corrected chi connectivity index (χ1v) is 10.9. The normalized spacial score (nSPS) is 13.0. The van der Waals surface area contributed by atoms with Gasteiger partial charge in [-0.2, -0.15) is 31.6 Å². The maximum Gasteiger partial charge on any atom is 0.416 e. The summed E-state index contributed by atoms with van der Waals surface area (Å²) in [6.45, 7) is 6.41. The molecule has 1 N–H and O–H groups in total. The minimum Gasteiger partial charge on any atom is -0.470 e.